The molecule has 1 heterocycles. The molecule has 2 aromatic rings. The van der Waals surface area contributed by atoms with Crippen LogP contribution in [0.25, 0.3) is 0 Å². The van der Waals surface area contributed by atoms with E-state index >= 15 is 0 Å². The Labute approximate surface area is 118 Å². The number of hydrogen-bond donors (Lipinski definition) is 1. The third kappa shape index (κ3) is 4.14. The summed E-state index contributed by atoms with van der Waals surface area (Å²) in [6, 6.07) is 5.99. The van der Waals surface area contributed by atoms with Gasteiger partial charge in [0.15, 0.2) is 4.34 Å². The van der Waals surface area contributed by atoms with E-state index in [1.165, 1.54) is 22.5 Å². The van der Waals surface area contributed by atoms with E-state index in [4.69, 9.17) is 0 Å². The predicted molar refractivity (Wildman–Crippen MR) is 75.8 cm³/mol. The van der Waals surface area contributed by atoms with Gasteiger partial charge >= 0.3 is 0 Å². The van der Waals surface area contributed by atoms with E-state index in [9.17, 15) is 8.78 Å². The van der Waals surface area contributed by atoms with Gasteiger partial charge in [0, 0.05) is 5.69 Å². The molecule has 0 spiro atoms. The van der Waals surface area contributed by atoms with Gasteiger partial charge in [0.2, 0.25) is 11.6 Å². The maximum atomic E-state index is 12.1. The van der Waals surface area contributed by atoms with Crippen molar-refractivity contribution >= 4 is 33.9 Å². The number of aryl methyl sites for hydroxylation is 2. The van der Waals surface area contributed by atoms with Gasteiger partial charge in [-0.1, -0.05) is 29.2 Å². The van der Waals surface area contributed by atoms with Crippen molar-refractivity contribution in [2.45, 2.75) is 24.6 Å². The monoisotopic (exact) mass is 301 g/mol. The van der Waals surface area contributed by atoms with Crippen LogP contribution in [0.4, 0.5) is 19.6 Å². The maximum absolute atomic E-state index is 12.1. The zero-order chi connectivity index (χ0) is 13.8. The first-order chi connectivity index (χ1) is 9.04. The van der Waals surface area contributed by atoms with Crippen molar-refractivity contribution in [2.24, 2.45) is 0 Å². The third-order valence-corrected chi connectivity index (χ3v) is 4.48. The molecule has 1 aromatic carbocycles. The van der Waals surface area contributed by atoms with Gasteiger partial charge in [-0.3, -0.25) is 0 Å². The Morgan fingerprint density at radius 3 is 2.74 bits per heavy atom. The van der Waals surface area contributed by atoms with Gasteiger partial charge in [0.1, 0.15) is 0 Å². The number of hydrogen-bond acceptors (Lipinski definition) is 5. The van der Waals surface area contributed by atoms with Crippen molar-refractivity contribution in [3.8, 4) is 0 Å². The highest BCUT2D eigenvalue weighted by molar-refractivity contribution is 8.01. The quantitative estimate of drug-likeness (QED) is 0.838. The van der Waals surface area contributed by atoms with Gasteiger partial charge in [0.05, 0.1) is 5.75 Å². The molecular formula is C12H13F2N3S2. The molecule has 1 aromatic heterocycles. The molecule has 0 aliphatic carbocycles. The fourth-order valence-electron chi connectivity index (χ4n) is 1.40. The van der Waals surface area contributed by atoms with Crippen LogP contribution in [0.1, 0.15) is 11.1 Å². The van der Waals surface area contributed by atoms with Crippen LogP contribution in [-0.2, 0) is 0 Å². The van der Waals surface area contributed by atoms with Gasteiger partial charge < -0.3 is 5.32 Å². The van der Waals surface area contributed by atoms with E-state index in [0.717, 1.165) is 17.4 Å². The smallest absolute Gasteiger partial charge is 0.248 e. The summed E-state index contributed by atoms with van der Waals surface area (Å²) < 4.78 is 24.7. The summed E-state index contributed by atoms with van der Waals surface area (Å²) in [5.41, 5.74) is 3.32. The minimum atomic E-state index is -2.33. The van der Waals surface area contributed by atoms with Crippen molar-refractivity contribution in [3.05, 3.63) is 29.3 Å². The second-order valence-corrected chi connectivity index (χ2v) is 6.24. The van der Waals surface area contributed by atoms with Crippen LogP contribution < -0.4 is 5.32 Å². The highest BCUT2D eigenvalue weighted by Crippen LogP contribution is 2.28. The first kappa shape index (κ1) is 14.2. The lowest BCUT2D eigenvalue weighted by Crippen LogP contribution is -1.92. The molecule has 3 nitrogen and oxygen atoms in total. The molecule has 0 aliphatic rings. The molecule has 0 unspecified atom stereocenters. The van der Waals surface area contributed by atoms with Crippen molar-refractivity contribution in [3.63, 3.8) is 0 Å². The summed E-state index contributed by atoms with van der Waals surface area (Å²) in [7, 11) is 0. The summed E-state index contributed by atoms with van der Waals surface area (Å²) in [5.74, 6) is -0.252. The Morgan fingerprint density at radius 2 is 2.05 bits per heavy atom. The van der Waals surface area contributed by atoms with Crippen molar-refractivity contribution < 1.29 is 8.78 Å². The molecule has 0 saturated carbocycles. The Kier molecular flexibility index (Phi) is 4.71. The van der Waals surface area contributed by atoms with Crippen LogP contribution in [0.3, 0.4) is 0 Å². The maximum Gasteiger partial charge on any atom is 0.248 e. The molecule has 0 amide bonds. The second kappa shape index (κ2) is 6.29. The second-order valence-electron chi connectivity index (χ2n) is 4.00. The number of halogens is 2. The van der Waals surface area contributed by atoms with E-state index in [1.807, 2.05) is 32.0 Å². The molecule has 7 heteroatoms. The number of rotatable bonds is 5. The van der Waals surface area contributed by atoms with Crippen LogP contribution >= 0.6 is 23.1 Å². The summed E-state index contributed by atoms with van der Waals surface area (Å²) in [4.78, 5) is 0. The van der Waals surface area contributed by atoms with E-state index in [-0.39, 0.29) is 5.75 Å². The Bertz CT molecular complexity index is 558. The average molecular weight is 301 g/mol. The Hall–Kier alpha value is -1.21. The van der Waals surface area contributed by atoms with Crippen LogP contribution in [-0.4, -0.2) is 22.4 Å². The first-order valence-electron chi connectivity index (χ1n) is 5.63. The van der Waals surface area contributed by atoms with E-state index in [2.05, 4.69) is 15.5 Å². The zero-order valence-electron chi connectivity index (χ0n) is 10.5. The minimum absolute atomic E-state index is 0.252. The Morgan fingerprint density at radius 1 is 1.26 bits per heavy atom. The lowest BCUT2D eigenvalue weighted by Gasteiger charge is -2.05. The zero-order valence-corrected chi connectivity index (χ0v) is 12.1. The third-order valence-electron chi connectivity index (χ3n) is 2.50. The lowest BCUT2D eigenvalue weighted by molar-refractivity contribution is 0.177. The summed E-state index contributed by atoms with van der Waals surface area (Å²) in [6.45, 7) is 4.08. The first-order valence-corrected chi connectivity index (χ1v) is 7.43. The molecular weight excluding hydrogens is 288 g/mol. The van der Waals surface area contributed by atoms with Crippen molar-refractivity contribution in [1.29, 1.82) is 0 Å². The van der Waals surface area contributed by atoms with Gasteiger partial charge in [-0.25, -0.2) is 8.78 Å². The highest BCUT2D eigenvalue weighted by Gasteiger charge is 2.09. The minimum Gasteiger partial charge on any atom is -0.330 e. The number of benzene rings is 1. The van der Waals surface area contributed by atoms with Crippen LogP contribution in [0.2, 0.25) is 0 Å². The van der Waals surface area contributed by atoms with Crippen LogP contribution in [0.15, 0.2) is 22.5 Å². The standard InChI is InChI=1S/C12H13F2N3S2/c1-7-3-4-9(5-8(7)2)15-11-16-17-12(19-11)18-6-10(13)14/h3-5,10H,6H2,1-2H3,(H,15,16). The summed E-state index contributed by atoms with van der Waals surface area (Å²) >= 11 is 2.30. The molecule has 0 aliphatic heterocycles. The number of anilines is 2. The molecule has 0 atom stereocenters. The van der Waals surface area contributed by atoms with Gasteiger partial charge in [-0.15, -0.1) is 10.2 Å². The largest absolute Gasteiger partial charge is 0.330 e. The topological polar surface area (TPSA) is 37.8 Å². The average Bonchev–Trinajstić information content (AvgIpc) is 2.79. The van der Waals surface area contributed by atoms with Gasteiger partial charge in [0.25, 0.3) is 0 Å². The summed E-state index contributed by atoms with van der Waals surface area (Å²) in [6.07, 6.45) is -2.33. The molecule has 0 radical (unpaired) electrons. The molecule has 0 saturated heterocycles. The molecule has 0 bridgehead atoms. The SMILES string of the molecule is Cc1ccc(Nc2nnc(SCC(F)F)s2)cc1C. The van der Waals surface area contributed by atoms with Crippen LogP contribution in [0.5, 0.6) is 0 Å². The Balaban J connectivity index is 2.01. The number of nitrogens with one attached hydrogen (secondary N) is 1. The summed E-state index contributed by atoms with van der Waals surface area (Å²) in [5, 5.41) is 11.5. The number of aromatic nitrogens is 2. The van der Waals surface area contributed by atoms with E-state index < -0.39 is 6.43 Å². The number of nitrogens with zero attached hydrogens (tertiary/aromatic N) is 2. The van der Waals surface area contributed by atoms with E-state index in [0.29, 0.717) is 9.47 Å². The fraction of sp³-hybridized carbons (Fsp3) is 0.333. The molecule has 102 valence electrons. The number of thioether (sulfide) groups is 1. The number of alkyl halides is 2. The van der Waals surface area contributed by atoms with Crippen molar-refractivity contribution in [1.82, 2.24) is 10.2 Å². The molecule has 0 fully saturated rings. The lowest BCUT2D eigenvalue weighted by atomic mass is 10.1. The normalized spacial score (nSPS) is 11.0. The molecule has 19 heavy (non-hydrogen) atoms. The van der Waals surface area contributed by atoms with Gasteiger partial charge in [-0.2, -0.15) is 0 Å². The highest BCUT2D eigenvalue weighted by atomic mass is 32.2. The predicted octanol–water partition coefficient (Wildman–Crippen LogP) is 4.26. The molecule has 2 rings (SSSR count). The van der Waals surface area contributed by atoms with Gasteiger partial charge in [-0.05, 0) is 37.1 Å². The van der Waals surface area contributed by atoms with Crippen LogP contribution in [0, 0.1) is 13.8 Å². The van der Waals surface area contributed by atoms with Crippen molar-refractivity contribution in [2.75, 3.05) is 11.1 Å². The van der Waals surface area contributed by atoms with E-state index in [1.54, 1.807) is 0 Å². The fourth-order valence-corrected chi connectivity index (χ4v) is 2.94. The molecule has 1 N–H and O–H groups in total.